The molecule has 4 rings (SSSR count). The predicted molar refractivity (Wildman–Crippen MR) is 57.5 cm³/mol. The van der Waals surface area contributed by atoms with Crippen LogP contribution >= 0.6 is 0 Å². The molecule has 0 aromatic heterocycles. The molecule has 3 fully saturated rings. The number of benzene rings is 1. The number of ether oxygens (including phenoxy) is 1. The summed E-state index contributed by atoms with van der Waals surface area (Å²) in [7, 11) is 0. The van der Waals surface area contributed by atoms with Crippen molar-refractivity contribution in [1.82, 2.24) is 4.90 Å². The van der Waals surface area contributed by atoms with Gasteiger partial charge in [0.2, 0.25) is 5.91 Å². The van der Waals surface area contributed by atoms with E-state index in [1.807, 2.05) is 23.1 Å². The fourth-order valence-electron chi connectivity index (χ4n) is 3.20. The number of piperidine rings is 1. The second-order valence-electron chi connectivity index (χ2n) is 4.93. The monoisotopic (exact) mass is 215 g/mol. The number of likely N-dealkylation sites (tertiary alicyclic amines) is 1. The second-order valence-corrected chi connectivity index (χ2v) is 4.93. The number of hydrogen-bond acceptors (Lipinski definition) is 2. The van der Waals surface area contributed by atoms with Gasteiger partial charge in [-0.05, 0) is 12.0 Å². The van der Waals surface area contributed by atoms with E-state index in [4.69, 9.17) is 4.74 Å². The Bertz CT molecular complexity index is 445. The highest BCUT2D eigenvalue weighted by atomic mass is 16.6. The lowest BCUT2D eigenvalue weighted by Crippen LogP contribution is -2.40. The number of epoxide rings is 1. The van der Waals surface area contributed by atoms with Gasteiger partial charge in [0.05, 0.1) is 18.1 Å². The Hall–Kier alpha value is -1.35. The van der Waals surface area contributed by atoms with E-state index in [1.54, 1.807) is 0 Å². The largest absolute Gasteiger partial charge is 0.366 e. The molecular formula is C13H13NO2. The summed E-state index contributed by atoms with van der Waals surface area (Å²) in [5, 5.41) is 0. The first kappa shape index (κ1) is 8.76. The molecule has 4 atom stereocenters. The fraction of sp³-hybridized carbons (Fsp3) is 0.462. The zero-order chi connectivity index (χ0) is 10.7. The first-order valence-electron chi connectivity index (χ1n) is 5.84. The Balaban J connectivity index is 1.59. The van der Waals surface area contributed by atoms with Gasteiger partial charge in [0.15, 0.2) is 0 Å². The topological polar surface area (TPSA) is 32.8 Å². The maximum absolute atomic E-state index is 12.1. The summed E-state index contributed by atoms with van der Waals surface area (Å²) in [5.74, 6) is 0.464. The summed E-state index contributed by atoms with van der Waals surface area (Å²) < 4.78 is 5.52. The fourth-order valence-corrected chi connectivity index (χ4v) is 3.20. The van der Waals surface area contributed by atoms with E-state index in [0.29, 0.717) is 18.1 Å². The highest BCUT2D eigenvalue weighted by Crippen LogP contribution is 2.51. The van der Waals surface area contributed by atoms with Gasteiger partial charge >= 0.3 is 0 Å². The molecule has 16 heavy (non-hydrogen) atoms. The van der Waals surface area contributed by atoms with Gasteiger partial charge in [-0.25, -0.2) is 0 Å². The molecule has 3 nitrogen and oxygen atoms in total. The molecule has 82 valence electrons. The van der Waals surface area contributed by atoms with Crippen molar-refractivity contribution in [3.05, 3.63) is 35.9 Å². The van der Waals surface area contributed by atoms with Crippen LogP contribution < -0.4 is 0 Å². The maximum Gasteiger partial charge on any atom is 0.229 e. The summed E-state index contributed by atoms with van der Waals surface area (Å²) >= 11 is 0. The molecule has 3 heteroatoms. The molecular weight excluding hydrogens is 202 g/mol. The molecule has 1 aromatic rings. The normalized spacial score (nSPS) is 39.0. The molecule has 2 bridgehead atoms. The lowest BCUT2D eigenvalue weighted by Gasteiger charge is -2.25. The van der Waals surface area contributed by atoms with Crippen LogP contribution in [0.3, 0.4) is 0 Å². The molecule has 0 spiro atoms. The Labute approximate surface area is 94.0 Å². The Morgan fingerprint density at radius 2 is 2.06 bits per heavy atom. The average Bonchev–Trinajstić information content (AvgIpc) is 2.95. The summed E-state index contributed by atoms with van der Waals surface area (Å²) in [5.41, 5.74) is 1.21. The quantitative estimate of drug-likeness (QED) is 0.694. The van der Waals surface area contributed by atoms with Gasteiger partial charge in [0.1, 0.15) is 6.10 Å². The van der Waals surface area contributed by atoms with Gasteiger partial charge < -0.3 is 9.64 Å². The van der Waals surface area contributed by atoms with Crippen molar-refractivity contribution in [2.75, 3.05) is 0 Å². The van der Waals surface area contributed by atoms with Crippen molar-refractivity contribution >= 4 is 5.91 Å². The molecule has 1 saturated carbocycles. The number of carbonyl (C=O) groups is 1. The van der Waals surface area contributed by atoms with Crippen molar-refractivity contribution in [1.29, 1.82) is 0 Å². The van der Waals surface area contributed by atoms with Crippen molar-refractivity contribution in [3.63, 3.8) is 0 Å². The Kier molecular flexibility index (Phi) is 1.56. The van der Waals surface area contributed by atoms with Crippen LogP contribution in [-0.2, 0) is 16.1 Å². The first-order valence-corrected chi connectivity index (χ1v) is 5.84. The molecule has 2 aliphatic heterocycles. The summed E-state index contributed by atoms with van der Waals surface area (Å²) in [6.45, 7) is 0.743. The lowest BCUT2D eigenvalue weighted by molar-refractivity contribution is -0.133. The summed E-state index contributed by atoms with van der Waals surface area (Å²) in [6.07, 6.45) is 1.64. The van der Waals surface area contributed by atoms with E-state index < -0.39 is 0 Å². The van der Waals surface area contributed by atoms with Crippen LogP contribution in [0.25, 0.3) is 0 Å². The second kappa shape index (κ2) is 2.86. The molecule has 2 saturated heterocycles. The SMILES string of the molecule is O=C1[C@@H]2C[C@@H](C3OC32)N1Cc1ccccc1. The number of nitrogens with zero attached hydrogens (tertiary/aromatic N) is 1. The van der Waals surface area contributed by atoms with Gasteiger partial charge in [-0.2, -0.15) is 0 Å². The molecule has 0 radical (unpaired) electrons. The minimum Gasteiger partial charge on any atom is -0.366 e. The van der Waals surface area contributed by atoms with E-state index in [9.17, 15) is 4.79 Å². The molecule has 2 unspecified atom stereocenters. The van der Waals surface area contributed by atoms with Crippen LogP contribution in [0.2, 0.25) is 0 Å². The van der Waals surface area contributed by atoms with Gasteiger partial charge in [-0.3, -0.25) is 4.79 Å². The highest BCUT2D eigenvalue weighted by molar-refractivity contribution is 5.84. The Morgan fingerprint density at radius 3 is 2.81 bits per heavy atom. The number of carbonyl (C=O) groups excluding carboxylic acids is 1. The Morgan fingerprint density at radius 1 is 1.25 bits per heavy atom. The third-order valence-electron chi connectivity index (χ3n) is 4.03. The van der Waals surface area contributed by atoms with Crippen LogP contribution in [0.4, 0.5) is 0 Å². The first-order chi connectivity index (χ1) is 7.84. The van der Waals surface area contributed by atoms with Gasteiger partial charge in [0.25, 0.3) is 0 Å². The van der Waals surface area contributed by atoms with Crippen LogP contribution in [0.15, 0.2) is 30.3 Å². The van der Waals surface area contributed by atoms with Gasteiger partial charge in [-0.1, -0.05) is 30.3 Å². The zero-order valence-electron chi connectivity index (χ0n) is 8.87. The van der Waals surface area contributed by atoms with E-state index in [2.05, 4.69) is 12.1 Å². The van der Waals surface area contributed by atoms with Crippen LogP contribution in [0.1, 0.15) is 12.0 Å². The van der Waals surface area contributed by atoms with E-state index in [-0.39, 0.29) is 12.0 Å². The molecule has 1 amide bonds. The predicted octanol–water partition coefficient (Wildman–Crippen LogP) is 1.18. The lowest BCUT2D eigenvalue weighted by atomic mass is 10.1. The minimum atomic E-state index is 0.165. The number of fused-ring (bicyclic) bond motifs is 5. The van der Waals surface area contributed by atoms with Crippen molar-refractivity contribution in [3.8, 4) is 0 Å². The average molecular weight is 215 g/mol. The van der Waals surface area contributed by atoms with Crippen molar-refractivity contribution in [2.24, 2.45) is 5.92 Å². The number of rotatable bonds is 2. The molecule has 3 aliphatic rings. The summed E-state index contributed by atoms with van der Waals surface area (Å²) in [6, 6.07) is 10.5. The van der Waals surface area contributed by atoms with E-state index in [0.717, 1.165) is 13.0 Å². The molecule has 0 N–H and O–H groups in total. The third-order valence-corrected chi connectivity index (χ3v) is 4.03. The standard InChI is InChI=1S/C13H13NO2/c15-13-9-6-10(12-11(9)16-12)14(13)7-8-4-2-1-3-5-8/h1-5,9-12H,6-7H2/t9-,10+,11?,12?/m1/s1. The van der Waals surface area contributed by atoms with E-state index >= 15 is 0 Å². The van der Waals surface area contributed by atoms with Gasteiger partial charge in [-0.15, -0.1) is 0 Å². The molecule has 1 aromatic carbocycles. The third kappa shape index (κ3) is 1.04. The highest BCUT2D eigenvalue weighted by Gasteiger charge is 2.66. The van der Waals surface area contributed by atoms with Crippen LogP contribution in [0, 0.1) is 5.92 Å². The number of amides is 1. The summed E-state index contributed by atoms with van der Waals surface area (Å²) in [4.78, 5) is 14.1. The van der Waals surface area contributed by atoms with Gasteiger partial charge in [0, 0.05) is 6.54 Å². The van der Waals surface area contributed by atoms with Crippen LogP contribution in [-0.4, -0.2) is 29.1 Å². The zero-order valence-corrected chi connectivity index (χ0v) is 8.87. The smallest absolute Gasteiger partial charge is 0.229 e. The van der Waals surface area contributed by atoms with Crippen molar-refractivity contribution < 1.29 is 9.53 Å². The van der Waals surface area contributed by atoms with Crippen molar-refractivity contribution in [2.45, 2.75) is 31.2 Å². The number of hydrogen-bond donors (Lipinski definition) is 0. The molecule has 2 heterocycles. The van der Waals surface area contributed by atoms with E-state index in [1.165, 1.54) is 5.56 Å². The maximum atomic E-state index is 12.1. The van der Waals surface area contributed by atoms with Crippen LogP contribution in [0.5, 0.6) is 0 Å². The minimum absolute atomic E-state index is 0.165. The molecule has 1 aliphatic carbocycles.